The molecule has 0 fully saturated rings. The second-order valence-corrected chi connectivity index (χ2v) is 6.17. The smallest absolute Gasteiger partial charge is 0.292 e. The lowest BCUT2D eigenvalue weighted by Gasteiger charge is -2.04. The summed E-state index contributed by atoms with van der Waals surface area (Å²) < 4.78 is 1.86. The molecule has 1 amide bonds. The van der Waals surface area contributed by atoms with Crippen molar-refractivity contribution in [3.05, 3.63) is 77.1 Å². The Kier molecular flexibility index (Phi) is 4.23. The molecule has 2 N–H and O–H groups in total. The molecule has 0 atom stereocenters. The number of carbonyl (C=O) groups is 1. The molecule has 0 spiro atoms. The van der Waals surface area contributed by atoms with E-state index >= 15 is 0 Å². The standard InChI is InChI=1S/C20H18N4O2/c25-16-11-9-14(10-12-16)13-21-22-20(26)19-17-7-4-8-18(17)24(23-19)15-5-2-1-3-6-15/h1-3,5-6,9-13,25H,4,7-8H2,(H,22,26)/b21-13+. The second-order valence-electron chi connectivity index (χ2n) is 6.17. The van der Waals surface area contributed by atoms with E-state index in [-0.39, 0.29) is 11.7 Å². The zero-order valence-corrected chi connectivity index (χ0v) is 14.1. The van der Waals surface area contributed by atoms with E-state index in [1.807, 2.05) is 35.0 Å². The average Bonchev–Trinajstić information content (AvgIpc) is 3.26. The van der Waals surface area contributed by atoms with Crippen LogP contribution >= 0.6 is 0 Å². The number of para-hydroxylation sites is 1. The van der Waals surface area contributed by atoms with Gasteiger partial charge in [0.25, 0.3) is 5.91 Å². The molecule has 1 aliphatic rings. The number of aromatic nitrogens is 2. The summed E-state index contributed by atoms with van der Waals surface area (Å²) in [6.45, 7) is 0. The molecule has 1 aromatic heterocycles. The molecule has 1 aliphatic carbocycles. The average molecular weight is 346 g/mol. The Morgan fingerprint density at radius 2 is 1.88 bits per heavy atom. The molecule has 130 valence electrons. The van der Waals surface area contributed by atoms with Crippen LogP contribution in [0.2, 0.25) is 0 Å². The van der Waals surface area contributed by atoms with E-state index in [4.69, 9.17) is 0 Å². The monoisotopic (exact) mass is 346 g/mol. The number of fused-ring (bicyclic) bond motifs is 1. The van der Waals surface area contributed by atoms with Crippen molar-refractivity contribution in [1.82, 2.24) is 15.2 Å². The first-order valence-corrected chi connectivity index (χ1v) is 8.51. The van der Waals surface area contributed by atoms with Crippen molar-refractivity contribution in [2.75, 3.05) is 0 Å². The Morgan fingerprint density at radius 1 is 1.12 bits per heavy atom. The molecular weight excluding hydrogens is 328 g/mol. The highest BCUT2D eigenvalue weighted by molar-refractivity contribution is 5.95. The minimum atomic E-state index is -0.312. The van der Waals surface area contributed by atoms with Gasteiger partial charge in [0.1, 0.15) is 5.75 Å². The highest BCUT2D eigenvalue weighted by Gasteiger charge is 2.26. The van der Waals surface area contributed by atoms with Crippen LogP contribution in [0, 0.1) is 0 Å². The van der Waals surface area contributed by atoms with Crippen molar-refractivity contribution in [1.29, 1.82) is 0 Å². The third-order valence-electron chi connectivity index (χ3n) is 4.42. The molecule has 0 bridgehead atoms. The molecule has 0 radical (unpaired) electrons. The molecule has 3 aromatic rings. The van der Waals surface area contributed by atoms with Gasteiger partial charge in [0, 0.05) is 11.3 Å². The number of phenolic OH excluding ortho intramolecular Hbond substituents is 1. The summed E-state index contributed by atoms with van der Waals surface area (Å²) in [5, 5.41) is 17.8. The lowest BCUT2D eigenvalue weighted by Crippen LogP contribution is -2.20. The number of hydrogen-bond donors (Lipinski definition) is 2. The van der Waals surface area contributed by atoms with Crippen molar-refractivity contribution in [3.8, 4) is 11.4 Å². The van der Waals surface area contributed by atoms with Gasteiger partial charge in [0.15, 0.2) is 5.69 Å². The topological polar surface area (TPSA) is 79.5 Å². The van der Waals surface area contributed by atoms with Crippen LogP contribution in [-0.2, 0) is 12.8 Å². The number of hydrazone groups is 1. The molecule has 26 heavy (non-hydrogen) atoms. The van der Waals surface area contributed by atoms with Crippen molar-refractivity contribution in [2.24, 2.45) is 5.10 Å². The summed E-state index contributed by atoms with van der Waals surface area (Å²) in [5.74, 6) is -0.124. The molecule has 6 nitrogen and oxygen atoms in total. The molecule has 6 heteroatoms. The lowest BCUT2D eigenvalue weighted by atomic mass is 10.2. The normalized spacial score (nSPS) is 13.1. The predicted octanol–water partition coefficient (Wildman–Crippen LogP) is 2.83. The molecule has 0 saturated heterocycles. The number of nitrogens with zero attached hydrogens (tertiary/aromatic N) is 3. The summed E-state index contributed by atoms with van der Waals surface area (Å²) in [4.78, 5) is 12.6. The van der Waals surface area contributed by atoms with E-state index in [9.17, 15) is 9.90 Å². The van der Waals surface area contributed by atoms with Gasteiger partial charge in [-0.25, -0.2) is 10.1 Å². The minimum absolute atomic E-state index is 0.188. The van der Waals surface area contributed by atoms with Gasteiger partial charge < -0.3 is 5.11 Å². The van der Waals surface area contributed by atoms with Gasteiger partial charge >= 0.3 is 0 Å². The molecule has 1 heterocycles. The fraction of sp³-hybridized carbons (Fsp3) is 0.150. The molecule has 2 aromatic carbocycles. The number of aromatic hydroxyl groups is 1. The first-order chi connectivity index (χ1) is 12.7. The number of amides is 1. The van der Waals surface area contributed by atoms with Crippen molar-refractivity contribution < 1.29 is 9.90 Å². The Labute approximate surface area is 150 Å². The van der Waals surface area contributed by atoms with Gasteiger partial charge in [-0.2, -0.15) is 10.2 Å². The fourth-order valence-corrected chi connectivity index (χ4v) is 3.18. The molecule has 4 rings (SSSR count). The molecule has 0 saturated carbocycles. The van der Waals surface area contributed by atoms with Crippen LogP contribution in [0.25, 0.3) is 5.69 Å². The van der Waals surface area contributed by atoms with E-state index in [1.165, 1.54) is 6.21 Å². The lowest BCUT2D eigenvalue weighted by molar-refractivity contribution is 0.0949. The summed E-state index contributed by atoms with van der Waals surface area (Å²) in [7, 11) is 0. The number of phenols is 1. The second kappa shape index (κ2) is 6.84. The van der Waals surface area contributed by atoms with Crippen LogP contribution < -0.4 is 5.43 Å². The Bertz CT molecular complexity index is 959. The van der Waals surface area contributed by atoms with Crippen LogP contribution in [0.1, 0.15) is 33.7 Å². The zero-order chi connectivity index (χ0) is 17.9. The first kappa shape index (κ1) is 16.1. The Hall–Kier alpha value is -3.41. The third kappa shape index (κ3) is 3.09. The number of benzene rings is 2. The van der Waals surface area contributed by atoms with E-state index in [0.717, 1.165) is 41.8 Å². The summed E-state index contributed by atoms with van der Waals surface area (Å²) in [6.07, 6.45) is 4.33. The summed E-state index contributed by atoms with van der Waals surface area (Å²) in [6, 6.07) is 16.4. The number of hydrogen-bond acceptors (Lipinski definition) is 4. The molecule has 0 aliphatic heterocycles. The number of rotatable bonds is 4. The van der Waals surface area contributed by atoms with Gasteiger partial charge in [0.05, 0.1) is 11.9 Å². The zero-order valence-electron chi connectivity index (χ0n) is 14.1. The third-order valence-corrected chi connectivity index (χ3v) is 4.42. The van der Waals surface area contributed by atoms with Crippen LogP contribution in [0.4, 0.5) is 0 Å². The highest BCUT2D eigenvalue weighted by Crippen LogP contribution is 2.27. The largest absolute Gasteiger partial charge is 0.508 e. The van der Waals surface area contributed by atoms with Gasteiger partial charge in [-0.3, -0.25) is 4.79 Å². The maximum atomic E-state index is 12.6. The Morgan fingerprint density at radius 3 is 2.65 bits per heavy atom. The van der Waals surface area contributed by atoms with Crippen molar-refractivity contribution in [3.63, 3.8) is 0 Å². The van der Waals surface area contributed by atoms with Crippen molar-refractivity contribution in [2.45, 2.75) is 19.3 Å². The van der Waals surface area contributed by atoms with Crippen molar-refractivity contribution >= 4 is 12.1 Å². The van der Waals surface area contributed by atoms with Gasteiger partial charge in [0.2, 0.25) is 0 Å². The number of nitrogens with one attached hydrogen (secondary N) is 1. The summed E-state index contributed by atoms with van der Waals surface area (Å²) >= 11 is 0. The molecule has 0 unspecified atom stereocenters. The maximum Gasteiger partial charge on any atom is 0.292 e. The van der Waals surface area contributed by atoms with Crippen LogP contribution in [-0.4, -0.2) is 27.0 Å². The van der Waals surface area contributed by atoms with E-state index in [0.29, 0.717) is 5.69 Å². The highest BCUT2D eigenvalue weighted by atomic mass is 16.3. The SMILES string of the molecule is O=C(N/N=C/c1ccc(O)cc1)c1nn(-c2ccccc2)c2c1CCC2. The number of carbonyl (C=O) groups excluding carboxylic acids is 1. The first-order valence-electron chi connectivity index (χ1n) is 8.51. The van der Waals surface area contributed by atoms with Gasteiger partial charge in [-0.15, -0.1) is 0 Å². The minimum Gasteiger partial charge on any atom is -0.508 e. The van der Waals surface area contributed by atoms with E-state index in [1.54, 1.807) is 24.3 Å². The summed E-state index contributed by atoms with van der Waals surface area (Å²) in [5.41, 5.74) is 6.83. The quantitative estimate of drug-likeness (QED) is 0.563. The van der Waals surface area contributed by atoms with E-state index in [2.05, 4.69) is 15.6 Å². The van der Waals surface area contributed by atoms with Gasteiger partial charge in [-0.05, 0) is 61.2 Å². The van der Waals surface area contributed by atoms with Crippen LogP contribution in [0.5, 0.6) is 5.75 Å². The molecular formula is C20H18N4O2. The Balaban J connectivity index is 1.56. The maximum absolute atomic E-state index is 12.6. The van der Waals surface area contributed by atoms with Crippen LogP contribution in [0.15, 0.2) is 59.7 Å². The van der Waals surface area contributed by atoms with Gasteiger partial charge in [-0.1, -0.05) is 18.2 Å². The van der Waals surface area contributed by atoms with Crippen LogP contribution in [0.3, 0.4) is 0 Å². The van der Waals surface area contributed by atoms with E-state index < -0.39 is 0 Å². The predicted molar refractivity (Wildman–Crippen MR) is 98.8 cm³/mol. The fourth-order valence-electron chi connectivity index (χ4n) is 3.18.